The molecular weight excluding hydrogens is 446 g/mol. The molecule has 2 aromatic carbocycles. The zero-order valence-corrected chi connectivity index (χ0v) is 21.4. The molecule has 0 saturated carbocycles. The molecule has 8 heteroatoms. The highest BCUT2D eigenvalue weighted by atomic mass is 32.2. The first kappa shape index (κ1) is 25.5. The highest BCUT2D eigenvalue weighted by Gasteiger charge is 2.17. The smallest absolute Gasteiger partial charge is 0.250 e. The van der Waals surface area contributed by atoms with Crippen molar-refractivity contribution in [3.63, 3.8) is 0 Å². The Bertz CT molecular complexity index is 1100. The lowest BCUT2D eigenvalue weighted by molar-refractivity contribution is -0.118. The maximum atomic E-state index is 12.3. The number of rotatable bonds is 10. The third-order valence-corrected chi connectivity index (χ3v) is 6.10. The van der Waals surface area contributed by atoms with E-state index in [9.17, 15) is 4.79 Å². The van der Waals surface area contributed by atoms with Gasteiger partial charge in [-0.1, -0.05) is 63.7 Å². The van der Waals surface area contributed by atoms with Crippen LogP contribution in [0, 0.1) is 0 Å². The van der Waals surface area contributed by atoms with Crippen molar-refractivity contribution < 1.29 is 9.53 Å². The fourth-order valence-corrected chi connectivity index (χ4v) is 4.02. The van der Waals surface area contributed by atoms with Gasteiger partial charge in [-0.15, -0.1) is 10.2 Å². The van der Waals surface area contributed by atoms with E-state index in [2.05, 4.69) is 72.7 Å². The minimum absolute atomic E-state index is 0.0975. The molecule has 0 fully saturated rings. The molecule has 1 N–H and O–H groups in total. The van der Waals surface area contributed by atoms with Crippen molar-refractivity contribution in [1.82, 2.24) is 20.2 Å². The predicted octanol–water partition coefficient (Wildman–Crippen LogP) is 5.29. The highest BCUT2D eigenvalue weighted by Crippen LogP contribution is 2.27. The molecule has 7 nitrogen and oxygen atoms in total. The Morgan fingerprint density at radius 3 is 2.41 bits per heavy atom. The van der Waals surface area contributed by atoms with E-state index in [1.807, 2.05) is 35.8 Å². The van der Waals surface area contributed by atoms with Crippen molar-refractivity contribution >= 4 is 23.9 Å². The lowest BCUT2D eigenvalue weighted by atomic mass is 9.87. The molecule has 0 radical (unpaired) electrons. The SMILES string of the molecule is CCCOc1ccc(/C=N/NC(=O)CSc2nnc(-c3ccc(C(C)(C)C)cc3)n2CC)cc1. The Kier molecular flexibility index (Phi) is 8.87. The van der Waals surface area contributed by atoms with Crippen LogP contribution in [-0.2, 0) is 16.8 Å². The van der Waals surface area contributed by atoms with Gasteiger partial charge in [0.25, 0.3) is 5.91 Å². The number of benzene rings is 2. The average molecular weight is 480 g/mol. The Hall–Kier alpha value is -3.13. The number of hydrogen-bond donors (Lipinski definition) is 1. The van der Waals surface area contributed by atoms with Crippen LogP contribution in [0.4, 0.5) is 0 Å². The van der Waals surface area contributed by atoms with Crippen molar-refractivity contribution in [3.8, 4) is 17.1 Å². The minimum atomic E-state index is -0.203. The van der Waals surface area contributed by atoms with Crippen molar-refractivity contribution in [1.29, 1.82) is 0 Å². The fraction of sp³-hybridized carbons (Fsp3) is 0.385. The van der Waals surface area contributed by atoms with Gasteiger partial charge in [0.1, 0.15) is 5.75 Å². The Balaban J connectivity index is 1.55. The van der Waals surface area contributed by atoms with Crippen LogP contribution in [0.1, 0.15) is 52.2 Å². The largest absolute Gasteiger partial charge is 0.494 e. The number of ether oxygens (including phenoxy) is 1. The molecule has 34 heavy (non-hydrogen) atoms. The summed E-state index contributed by atoms with van der Waals surface area (Å²) in [6, 6.07) is 16.0. The molecule has 0 saturated heterocycles. The molecule has 0 aliphatic heterocycles. The van der Waals surface area contributed by atoms with Crippen molar-refractivity contribution in [2.75, 3.05) is 12.4 Å². The first-order chi connectivity index (χ1) is 16.3. The summed E-state index contributed by atoms with van der Waals surface area (Å²) >= 11 is 1.35. The van der Waals surface area contributed by atoms with Gasteiger partial charge >= 0.3 is 0 Å². The number of thioether (sulfide) groups is 1. The third kappa shape index (κ3) is 6.93. The minimum Gasteiger partial charge on any atom is -0.494 e. The standard InChI is InChI=1S/C26H33N5O2S/c1-6-16-33-22-14-8-19(9-15-22)17-27-28-23(32)18-34-25-30-29-24(31(25)7-2)20-10-12-21(13-11-20)26(3,4)5/h8-15,17H,6-7,16,18H2,1-5H3,(H,28,32)/b27-17+. The van der Waals surface area contributed by atoms with Crippen LogP contribution in [-0.4, -0.2) is 39.2 Å². The second kappa shape index (κ2) is 11.8. The number of carbonyl (C=O) groups excluding carboxylic acids is 1. The number of aromatic nitrogens is 3. The van der Waals surface area contributed by atoms with Gasteiger partial charge in [-0.2, -0.15) is 5.10 Å². The average Bonchev–Trinajstić information content (AvgIpc) is 3.24. The van der Waals surface area contributed by atoms with Crippen LogP contribution in [0.5, 0.6) is 5.75 Å². The zero-order valence-electron chi connectivity index (χ0n) is 20.5. The van der Waals surface area contributed by atoms with Crippen LogP contribution >= 0.6 is 11.8 Å². The molecule has 0 aliphatic carbocycles. The Labute approximate surface area is 206 Å². The van der Waals surface area contributed by atoms with Crippen LogP contribution in [0.3, 0.4) is 0 Å². The number of amides is 1. The van der Waals surface area contributed by atoms with Crippen LogP contribution < -0.4 is 10.2 Å². The number of nitrogens with zero attached hydrogens (tertiary/aromatic N) is 4. The molecular formula is C26H33N5O2S. The van der Waals surface area contributed by atoms with Crippen molar-refractivity contribution in [2.24, 2.45) is 5.10 Å². The van der Waals surface area contributed by atoms with E-state index in [1.165, 1.54) is 17.3 Å². The van der Waals surface area contributed by atoms with Gasteiger partial charge in [-0.25, -0.2) is 5.43 Å². The second-order valence-corrected chi connectivity index (χ2v) is 9.82. The Morgan fingerprint density at radius 2 is 1.79 bits per heavy atom. The van der Waals surface area contributed by atoms with E-state index in [1.54, 1.807) is 6.21 Å². The first-order valence-electron chi connectivity index (χ1n) is 11.5. The summed E-state index contributed by atoms with van der Waals surface area (Å²) in [5, 5.41) is 13.4. The normalized spacial score (nSPS) is 11.7. The van der Waals surface area contributed by atoms with Crippen LogP contribution in [0.15, 0.2) is 58.8 Å². The monoisotopic (exact) mass is 479 g/mol. The summed E-state index contributed by atoms with van der Waals surface area (Å²) in [6.45, 7) is 12.1. The topological polar surface area (TPSA) is 81.4 Å². The first-order valence-corrected chi connectivity index (χ1v) is 12.5. The summed E-state index contributed by atoms with van der Waals surface area (Å²) < 4.78 is 7.59. The molecule has 0 bridgehead atoms. The second-order valence-electron chi connectivity index (χ2n) is 8.88. The van der Waals surface area contributed by atoms with E-state index < -0.39 is 0 Å². The van der Waals surface area contributed by atoms with E-state index >= 15 is 0 Å². The van der Waals surface area contributed by atoms with Gasteiger partial charge in [0.15, 0.2) is 11.0 Å². The lowest BCUT2D eigenvalue weighted by Gasteiger charge is -2.19. The van der Waals surface area contributed by atoms with Crippen molar-refractivity contribution in [2.45, 2.75) is 58.2 Å². The van der Waals surface area contributed by atoms with Crippen molar-refractivity contribution in [3.05, 3.63) is 59.7 Å². The molecule has 0 unspecified atom stereocenters. The number of hydrogen-bond acceptors (Lipinski definition) is 6. The number of nitrogens with one attached hydrogen (secondary N) is 1. The van der Waals surface area contributed by atoms with E-state index in [4.69, 9.17) is 4.74 Å². The van der Waals surface area contributed by atoms with Gasteiger partial charge in [0.2, 0.25) is 0 Å². The molecule has 0 aliphatic rings. The van der Waals surface area contributed by atoms with Crippen LogP contribution in [0.25, 0.3) is 11.4 Å². The molecule has 1 aromatic heterocycles. The summed E-state index contributed by atoms with van der Waals surface area (Å²) in [6.07, 6.45) is 2.58. The fourth-order valence-electron chi connectivity index (χ4n) is 3.22. The zero-order chi connectivity index (χ0) is 24.6. The van der Waals surface area contributed by atoms with Gasteiger partial charge < -0.3 is 9.30 Å². The molecule has 0 spiro atoms. The van der Waals surface area contributed by atoms with Gasteiger partial charge in [0, 0.05) is 12.1 Å². The maximum Gasteiger partial charge on any atom is 0.250 e. The number of carbonyl (C=O) groups is 1. The lowest BCUT2D eigenvalue weighted by Crippen LogP contribution is -2.20. The van der Waals surface area contributed by atoms with Crippen LogP contribution in [0.2, 0.25) is 0 Å². The van der Waals surface area contributed by atoms with E-state index in [0.29, 0.717) is 18.3 Å². The maximum absolute atomic E-state index is 12.3. The molecule has 0 atom stereocenters. The number of hydrazone groups is 1. The summed E-state index contributed by atoms with van der Waals surface area (Å²) in [4.78, 5) is 12.3. The quantitative estimate of drug-likeness (QED) is 0.243. The Morgan fingerprint density at radius 1 is 1.09 bits per heavy atom. The molecule has 1 heterocycles. The molecule has 3 aromatic rings. The predicted molar refractivity (Wildman–Crippen MR) is 139 cm³/mol. The van der Waals surface area contributed by atoms with Gasteiger partial charge in [-0.05, 0) is 54.2 Å². The summed E-state index contributed by atoms with van der Waals surface area (Å²) in [5.41, 5.74) is 5.82. The highest BCUT2D eigenvalue weighted by molar-refractivity contribution is 7.99. The van der Waals surface area contributed by atoms with E-state index in [0.717, 1.165) is 29.1 Å². The summed E-state index contributed by atoms with van der Waals surface area (Å²) in [5.74, 6) is 1.62. The van der Waals surface area contributed by atoms with Gasteiger partial charge in [-0.3, -0.25) is 4.79 Å². The molecule has 1 amide bonds. The molecule has 180 valence electrons. The third-order valence-electron chi connectivity index (χ3n) is 5.13. The van der Waals surface area contributed by atoms with Gasteiger partial charge in [0.05, 0.1) is 18.6 Å². The molecule has 3 rings (SSSR count). The summed E-state index contributed by atoms with van der Waals surface area (Å²) in [7, 11) is 0. The van der Waals surface area contributed by atoms with E-state index in [-0.39, 0.29) is 17.1 Å².